The molecule has 2 atom stereocenters. The van der Waals surface area contributed by atoms with E-state index in [2.05, 4.69) is 5.32 Å². The van der Waals surface area contributed by atoms with Crippen LogP contribution in [0.25, 0.3) is 0 Å². The van der Waals surface area contributed by atoms with Gasteiger partial charge in [0.2, 0.25) is 5.91 Å². The molecule has 164 valence electrons. The first-order valence-corrected chi connectivity index (χ1v) is 11.2. The van der Waals surface area contributed by atoms with Gasteiger partial charge in [-0.1, -0.05) is 42.5 Å². The fraction of sp³-hybridized carbons (Fsp3) is 0.348. The Kier molecular flexibility index (Phi) is 8.08. The van der Waals surface area contributed by atoms with Gasteiger partial charge in [-0.2, -0.15) is 0 Å². The molecule has 8 heteroatoms. The Labute approximate surface area is 185 Å². The number of para-hydroxylation sites is 1. The molecule has 3 rings (SSSR count). The van der Waals surface area contributed by atoms with Crippen LogP contribution in [0, 0.1) is 0 Å². The summed E-state index contributed by atoms with van der Waals surface area (Å²) in [6.07, 6.45) is 1.10. The van der Waals surface area contributed by atoms with Crippen LogP contribution in [0.4, 0.5) is 5.69 Å². The molecule has 0 fully saturated rings. The summed E-state index contributed by atoms with van der Waals surface area (Å²) < 4.78 is 5.23. The lowest BCUT2D eigenvalue weighted by Gasteiger charge is -2.27. The summed E-state index contributed by atoms with van der Waals surface area (Å²) in [5.41, 5.74) is 1.65. The van der Waals surface area contributed by atoms with E-state index in [9.17, 15) is 19.5 Å². The number of hydrogen-bond donors (Lipinski definition) is 2. The molecule has 1 heterocycles. The van der Waals surface area contributed by atoms with Gasteiger partial charge in [-0.15, -0.1) is 11.8 Å². The zero-order valence-corrected chi connectivity index (χ0v) is 18.1. The number of hydrogen-bond acceptors (Lipinski definition) is 6. The SMILES string of the molecule is CCOC(=O)[C@@H](CCc1ccccc1)NC1CSc2ccccc2N(CC(=O)O)C1=O. The predicted octanol–water partition coefficient (Wildman–Crippen LogP) is 2.73. The molecule has 0 saturated heterocycles. The van der Waals surface area contributed by atoms with Gasteiger partial charge in [-0.05, 0) is 37.5 Å². The van der Waals surface area contributed by atoms with Crippen LogP contribution in [0.3, 0.4) is 0 Å². The summed E-state index contributed by atoms with van der Waals surface area (Å²) in [5, 5.41) is 12.5. The Balaban J connectivity index is 1.79. The van der Waals surface area contributed by atoms with Crippen LogP contribution in [0.5, 0.6) is 0 Å². The summed E-state index contributed by atoms with van der Waals surface area (Å²) in [5.74, 6) is -1.50. The summed E-state index contributed by atoms with van der Waals surface area (Å²) in [6, 6.07) is 15.6. The summed E-state index contributed by atoms with van der Waals surface area (Å²) in [4.78, 5) is 39.4. The molecule has 1 unspecified atom stereocenters. The molecule has 1 amide bonds. The molecule has 0 saturated carbocycles. The van der Waals surface area contributed by atoms with Crippen LogP contribution in [-0.4, -0.2) is 53.9 Å². The van der Waals surface area contributed by atoms with Crippen molar-refractivity contribution in [1.29, 1.82) is 0 Å². The molecule has 0 aromatic heterocycles. The van der Waals surface area contributed by atoms with Gasteiger partial charge >= 0.3 is 11.9 Å². The molecule has 7 nitrogen and oxygen atoms in total. The van der Waals surface area contributed by atoms with Crippen LogP contribution in [-0.2, 0) is 25.5 Å². The number of carbonyl (C=O) groups is 3. The molecule has 0 radical (unpaired) electrons. The van der Waals surface area contributed by atoms with Gasteiger partial charge in [0.25, 0.3) is 0 Å². The lowest BCUT2D eigenvalue weighted by atomic mass is 10.0. The first-order chi connectivity index (χ1) is 15.0. The van der Waals surface area contributed by atoms with Crippen LogP contribution >= 0.6 is 11.8 Å². The van der Waals surface area contributed by atoms with Crippen molar-refractivity contribution in [3.05, 3.63) is 60.2 Å². The first-order valence-electron chi connectivity index (χ1n) is 10.2. The molecule has 0 aliphatic carbocycles. The maximum absolute atomic E-state index is 13.3. The summed E-state index contributed by atoms with van der Waals surface area (Å²) >= 11 is 1.46. The van der Waals surface area contributed by atoms with Crippen molar-refractivity contribution in [3.63, 3.8) is 0 Å². The highest BCUT2D eigenvalue weighted by atomic mass is 32.2. The Morgan fingerprint density at radius 2 is 1.90 bits per heavy atom. The van der Waals surface area contributed by atoms with Crippen LogP contribution in [0.15, 0.2) is 59.5 Å². The van der Waals surface area contributed by atoms with Gasteiger partial charge in [-0.3, -0.25) is 24.6 Å². The van der Waals surface area contributed by atoms with Crippen LogP contribution in [0.1, 0.15) is 18.9 Å². The van der Waals surface area contributed by atoms with Crippen molar-refractivity contribution in [2.75, 3.05) is 23.8 Å². The van der Waals surface area contributed by atoms with E-state index in [1.807, 2.05) is 42.5 Å². The van der Waals surface area contributed by atoms with Gasteiger partial charge < -0.3 is 9.84 Å². The number of aryl methyl sites for hydroxylation is 1. The normalized spacial score (nSPS) is 16.9. The molecule has 1 aliphatic heterocycles. The minimum Gasteiger partial charge on any atom is -0.480 e. The topological polar surface area (TPSA) is 95.9 Å². The molecule has 2 N–H and O–H groups in total. The minimum atomic E-state index is -1.10. The standard InChI is InChI=1S/C23H26N2O5S/c1-2-30-23(29)17(13-12-16-8-4-3-5-9-16)24-18-15-31-20-11-7-6-10-19(20)25(22(18)28)14-21(26)27/h3-11,17-18,24H,2,12-15H2,1H3,(H,26,27)/t17-,18?/m1/s1. The number of anilines is 1. The van der Waals surface area contributed by atoms with Crippen molar-refractivity contribution < 1.29 is 24.2 Å². The number of rotatable bonds is 9. The highest BCUT2D eigenvalue weighted by molar-refractivity contribution is 7.99. The first kappa shape index (κ1) is 22.8. The summed E-state index contributed by atoms with van der Waals surface area (Å²) in [7, 11) is 0. The quantitative estimate of drug-likeness (QED) is 0.577. The highest BCUT2D eigenvalue weighted by Gasteiger charge is 2.34. The number of carbonyl (C=O) groups excluding carboxylic acids is 2. The molecular weight excluding hydrogens is 416 g/mol. The minimum absolute atomic E-state index is 0.242. The van der Waals surface area contributed by atoms with Gasteiger partial charge in [0, 0.05) is 10.6 Å². The second kappa shape index (κ2) is 11.0. The second-order valence-corrected chi connectivity index (χ2v) is 8.21. The van der Waals surface area contributed by atoms with E-state index in [-0.39, 0.29) is 12.5 Å². The maximum atomic E-state index is 13.3. The fourth-order valence-electron chi connectivity index (χ4n) is 3.48. The third-order valence-corrected chi connectivity index (χ3v) is 6.11. The van der Waals surface area contributed by atoms with Crippen molar-refractivity contribution in [2.45, 2.75) is 36.7 Å². The molecule has 2 aromatic carbocycles. The number of thioether (sulfide) groups is 1. The fourth-order valence-corrected chi connectivity index (χ4v) is 4.57. The molecule has 2 aromatic rings. The Morgan fingerprint density at radius 1 is 1.19 bits per heavy atom. The number of aliphatic carboxylic acids is 1. The van der Waals surface area contributed by atoms with Gasteiger partial charge in [0.1, 0.15) is 12.6 Å². The van der Waals surface area contributed by atoms with E-state index in [1.54, 1.807) is 19.1 Å². The average Bonchev–Trinajstić information content (AvgIpc) is 2.89. The number of carboxylic acids is 1. The third-order valence-electron chi connectivity index (χ3n) is 4.96. The lowest BCUT2D eigenvalue weighted by molar-refractivity contribution is -0.146. The Morgan fingerprint density at radius 3 is 2.61 bits per heavy atom. The number of ether oxygens (including phenoxy) is 1. The third kappa shape index (κ3) is 6.08. The van der Waals surface area contributed by atoms with Crippen molar-refractivity contribution >= 4 is 35.3 Å². The maximum Gasteiger partial charge on any atom is 0.323 e. The lowest BCUT2D eigenvalue weighted by Crippen LogP contribution is -2.54. The number of nitrogens with one attached hydrogen (secondary N) is 1. The molecule has 0 spiro atoms. The number of fused-ring (bicyclic) bond motifs is 1. The highest BCUT2D eigenvalue weighted by Crippen LogP contribution is 2.34. The number of carboxylic acid groups (broad SMARTS) is 1. The molecular formula is C23H26N2O5S. The van der Waals surface area contributed by atoms with E-state index in [0.717, 1.165) is 10.5 Å². The van der Waals surface area contributed by atoms with Crippen molar-refractivity contribution in [3.8, 4) is 0 Å². The average molecular weight is 443 g/mol. The number of esters is 1. The number of nitrogens with zero attached hydrogens (tertiary/aromatic N) is 1. The van der Waals surface area contributed by atoms with Crippen molar-refractivity contribution in [1.82, 2.24) is 5.32 Å². The number of benzene rings is 2. The smallest absolute Gasteiger partial charge is 0.323 e. The molecule has 0 bridgehead atoms. The zero-order valence-electron chi connectivity index (χ0n) is 17.3. The Hall–Kier alpha value is -2.84. The summed E-state index contributed by atoms with van der Waals surface area (Å²) in [6.45, 7) is 1.54. The zero-order chi connectivity index (χ0) is 22.2. The van der Waals surface area contributed by atoms with Crippen molar-refractivity contribution in [2.24, 2.45) is 0 Å². The van der Waals surface area contributed by atoms with E-state index in [4.69, 9.17) is 4.74 Å². The molecule has 1 aliphatic rings. The number of amides is 1. The predicted molar refractivity (Wildman–Crippen MR) is 119 cm³/mol. The van der Waals surface area contributed by atoms with Gasteiger partial charge in [-0.25, -0.2) is 0 Å². The molecule has 31 heavy (non-hydrogen) atoms. The monoisotopic (exact) mass is 442 g/mol. The second-order valence-electron chi connectivity index (χ2n) is 7.15. The van der Waals surface area contributed by atoms with Crippen LogP contribution < -0.4 is 10.2 Å². The van der Waals surface area contributed by atoms with E-state index < -0.39 is 30.6 Å². The van der Waals surface area contributed by atoms with Gasteiger partial charge in [0.15, 0.2) is 0 Å². The van der Waals surface area contributed by atoms with Crippen LogP contribution in [0.2, 0.25) is 0 Å². The van der Waals surface area contributed by atoms with Gasteiger partial charge in [0.05, 0.1) is 18.3 Å². The van der Waals surface area contributed by atoms with E-state index >= 15 is 0 Å². The Bertz CT molecular complexity index is 921. The van der Waals surface area contributed by atoms with E-state index in [1.165, 1.54) is 16.7 Å². The largest absolute Gasteiger partial charge is 0.480 e. The van der Waals surface area contributed by atoms with E-state index in [0.29, 0.717) is 24.3 Å².